The van der Waals surface area contributed by atoms with Gasteiger partial charge in [0.05, 0.1) is 31.1 Å². The molecule has 27 heavy (non-hydrogen) atoms. The van der Waals surface area contributed by atoms with Crippen LogP contribution in [-0.4, -0.2) is 36.7 Å². The van der Waals surface area contributed by atoms with E-state index >= 15 is 0 Å². The maximum Gasteiger partial charge on any atom is 0.265 e. The second kappa shape index (κ2) is 6.75. The van der Waals surface area contributed by atoms with Crippen molar-refractivity contribution in [3.05, 3.63) is 47.9 Å². The van der Waals surface area contributed by atoms with E-state index in [1.54, 1.807) is 18.3 Å². The first-order valence-electron chi connectivity index (χ1n) is 7.98. The van der Waals surface area contributed by atoms with E-state index in [4.69, 9.17) is 21.1 Å². The number of halogens is 1. The predicted molar refractivity (Wildman–Crippen MR) is 99.8 cm³/mol. The summed E-state index contributed by atoms with van der Waals surface area (Å²) < 4.78 is 40.9. The number of methoxy groups -OCH3 is 1. The fourth-order valence-corrected chi connectivity index (χ4v) is 4.30. The van der Waals surface area contributed by atoms with Crippen LogP contribution in [-0.2, 0) is 16.6 Å². The molecular weight excluding hydrogens is 392 g/mol. The van der Waals surface area contributed by atoms with Gasteiger partial charge < -0.3 is 14.0 Å². The molecule has 0 fully saturated rings. The molecule has 140 valence electrons. The minimum absolute atomic E-state index is 0.0646. The molecule has 0 radical (unpaired) electrons. The molecule has 1 aliphatic rings. The van der Waals surface area contributed by atoms with Crippen molar-refractivity contribution in [2.75, 3.05) is 18.4 Å². The van der Waals surface area contributed by atoms with Gasteiger partial charge in [-0.05, 0) is 24.3 Å². The van der Waals surface area contributed by atoms with Crippen molar-refractivity contribution in [1.82, 2.24) is 14.5 Å². The van der Waals surface area contributed by atoms with Gasteiger partial charge in [0.1, 0.15) is 23.1 Å². The van der Waals surface area contributed by atoms with E-state index in [1.165, 1.54) is 25.4 Å². The third-order valence-electron chi connectivity index (χ3n) is 4.05. The number of anilines is 1. The summed E-state index contributed by atoms with van der Waals surface area (Å²) in [6.45, 7) is 1.08. The first-order chi connectivity index (χ1) is 13.0. The van der Waals surface area contributed by atoms with E-state index in [9.17, 15) is 8.42 Å². The highest BCUT2D eigenvalue weighted by molar-refractivity contribution is 7.92. The molecule has 1 N–H and O–H groups in total. The van der Waals surface area contributed by atoms with E-state index < -0.39 is 10.0 Å². The van der Waals surface area contributed by atoms with Crippen LogP contribution in [0.2, 0.25) is 5.02 Å². The lowest BCUT2D eigenvalue weighted by atomic mass is 10.2. The largest absolute Gasteiger partial charge is 0.495 e. The predicted octanol–water partition coefficient (Wildman–Crippen LogP) is 2.80. The zero-order valence-electron chi connectivity index (χ0n) is 14.2. The summed E-state index contributed by atoms with van der Waals surface area (Å²) in [5.74, 6) is 1.26. The molecule has 3 heterocycles. The summed E-state index contributed by atoms with van der Waals surface area (Å²) in [5.41, 5.74) is 0.881. The van der Waals surface area contributed by atoms with E-state index in [-0.39, 0.29) is 21.4 Å². The number of pyridine rings is 1. The summed E-state index contributed by atoms with van der Waals surface area (Å²) in [6, 6.07) is 6.02. The lowest BCUT2D eigenvalue weighted by Crippen LogP contribution is -2.14. The van der Waals surface area contributed by atoms with Gasteiger partial charge in [-0.15, -0.1) is 0 Å². The Morgan fingerprint density at radius 1 is 1.30 bits per heavy atom. The highest BCUT2D eigenvalue weighted by atomic mass is 35.5. The molecular formula is C17H15ClN4O4S. The summed E-state index contributed by atoms with van der Waals surface area (Å²) in [4.78, 5) is 8.49. The number of rotatable bonds is 4. The van der Waals surface area contributed by atoms with Crippen LogP contribution in [0.15, 0.2) is 47.8 Å². The van der Waals surface area contributed by atoms with Gasteiger partial charge in [0.15, 0.2) is 0 Å². The highest BCUT2D eigenvalue weighted by Gasteiger charge is 2.23. The van der Waals surface area contributed by atoms with Crippen LogP contribution in [0.3, 0.4) is 0 Å². The second-order valence-electron chi connectivity index (χ2n) is 5.77. The van der Waals surface area contributed by atoms with Gasteiger partial charge in [-0.1, -0.05) is 11.6 Å². The third-order valence-corrected chi connectivity index (χ3v) is 5.68. The number of sulfonamides is 1. The Labute approximate surface area is 160 Å². The molecule has 1 aliphatic heterocycles. The second-order valence-corrected chi connectivity index (χ2v) is 7.86. The number of hydrogen-bond acceptors (Lipinski definition) is 6. The smallest absolute Gasteiger partial charge is 0.265 e. The molecule has 0 amide bonds. The fourth-order valence-electron chi connectivity index (χ4n) is 2.83. The molecule has 3 aromatic rings. The highest BCUT2D eigenvalue weighted by Crippen LogP contribution is 2.33. The Morgan fingerprint density at radius 2 is 2.15 bits per heavy atom. The number of benzene rings is 1. The first-order valence-corrected chi connectivity index (χ1v) is 9.85. The van der Waals surface area contributed by atoms with Crippen LogP contribution >= 0.6 is 11.6 Å². The molecule has 1 aromatic carbocycles. The van der Waals surface area contributed by atoms with E-state index in [0.29, 0.717) is 30.4 Å². The van der Waals surface area contributed by atoms with Crippen molar-refractivity contribution < 1.29 is 17.9 Å². The Balaban J connectivity index is 1.74. The molecule has 0 atom stereocenters. The minimum atomic E-state index is -3.95. The van der Waals surface area contributed by atoms with Gasteiger partial charge in [0.25, 0.3) is 10.0 Å². The molecule has 8 nitrogen and oxygen atoms in total. The zero-order valence-corrected chi connectivity index (χ0v) is 15.8. The van der Waals surface area contributed by atoms with Gasteiger partial charge in [-0.2, -0.15) is 0 Å². The third kappa shape index (κ3) is 3.31. The van der Waals surface area contributed by atoms with Crippen LogP contribution in [0.5, 0.6) is 11.6 Å². The number of imidazole rings is 1. The van der Waals surface area contributed by atoms with E-state index in [1.807, 2.05) is 10.8 Å². The summed E-state index contributed by atoms with van der Waals surface area (Å²) in [5, 5.41) is 0.284. The molecule has 0 unspecified atom stereocenters. The topological polar surface area (TPSA) is 95.3 Å². The lowest BCUT2D eigenvalue weighted by molar-refractivity contribution is 0.296. The van der Waals surface area contributed by atoms with Crippen LogP contribution < -0.4 is 14.2 Å². The molecule has 0 spiro atoms. The number of aromatic nitrogens is 3. The van der Waals surface area contributed by atoms with Crippen LogP contribution in [0.4, 0.5) is 5.69 Å². The van der Waals surface area contributed by atoms with Crippen LogP contribution in [0, 0.1) is 0 Å². The number of nitrogens with one attached hydrogen (secondary N) is 1. The lowest BCUT2D eigenvalue weighted by Gasteiger charge is -2.13. The van der Waals surface area contributed by atoms with Crippen LogP contribution in [0.25, 0.3) is 11.4 Å². The quantitative estimate of drug-likeness (QED) is 0.715. The molecule has 10 heteroatoms. The maximum atomic E-state index is 12.8. The molecule has 0 saturated heterocycles. The van der Waals surface area contributed by atoms with E-state index in [0.717, 1.165) is 0 Å². The standard InChI is InChI=1S/C17H15ClN4O4S/c1-25-14-3-2-11(18)8-15(14)27(23,24)21-12-9-13-16-19-4-5-22(16)6-7-26-17(13)20-10-12/h2-5,8-10,21H,6-7H2,1H3. The molecule has 2 aromatic heterocycles. The summed E-state index contributed by atoms with van der Waals surface area (Å²) >= 11 is 5.95. The first kappa shape index (κ1) is 17.6. The molecule has 0 aliphatic carbocycles. The van der Waals surface area contributed by atoms with Crippen molar-refractivity contribution in [3.63, 3.8) is 0 Å². The van der Waals surface area contributed by atoms with Crippen molar-refractivity contribution in [3.8, 4) is 23.0 Å². The average Bonchev–Trinajstić information content (AvgIpc) is 3.04. The number of hydrogen-bond donors (Lipinski definition) is 1. The Bertz CT molecular complexity index is 1110. The Morgan fingerprint density at radius 3 is 2.96 bits per heavy atom. The van der Waals surface area contributed by atoms with Gasteiger partial charge >= 0.3 is 0 Å². The monoisotopic (exact) mass is 406 g/mol. The normalized spacial score (nSPS) is 13.1. The van der Waals surface area contributed by atoms with Gasteiger partial charge in [-0.25, -0.2) is 18.4 Å². The fraction of sp³-hybridized carbons (Fsp3) is 0.176. The van der Waals surface area contributed by atoms with Gasteiger partial charge in [0.2, 0.25) is 5.88 Å². The van der Waals surface area contributed by atoms with E-state index in [2.05, 4.69) is 14.7 Å². The number of nitrogens with zero attached hydrogens (tertiary/aromatic N) is 3. The Hall–Kier alpha value is -2.78. The van der Waals surface area contributed by atoms with Crippen molar-refractivity contribution in [2.45, 2.75) is 11.4 Å². The van der Waals surface area contributed by atoms with Crippen molar-refractivity contribution in [2.24, 2.45) is 0 Å². The van der Waals surface area contributed by atoms with Crippen LogP contribution in [0.1, 0.15) is 0 Å². The average molecular weight is 407 g/mol. The molecule has 0 bridgehead atoms. The summed E-state index contributed by atoms with van der Waals surface area (Å²) in [6.07, 6.45) is 4.91. The SMILES string of the molecule is COc1ccc(Cl)cc1S(=O)(=O)Nc1cnc2c(c1)-c1nccn1CCO2. The minimum Gasteiger partial charge on any atom is -0.495 e. The maximum absolute atomic E-state index is 12.8. The summed E-state index contributed by atoms with van der Waals surface area (Å²) in [7, 11) is -2.55. The van der Waals surface area contributed by atoms with Gasteiger partial charge in [0, 0.05) is 17.4 Å². The number of ether oxygens (including phenoxy) is 2. The van der Waals surface area contributed by atoms with Gasteiger partial charge in [-0.3, -0.25) is 4.72 Å². The number of fused-ring (bicyclic) bond motifs is 3. The molecule has 4 rings (SSSR count). The zero-order chi connectivity index (χ0) is 19.0. The Kier molecular flexibility index (Phi) is 4.40. The van der Waals surface area contributed by atoms with Crippen molar-refractivity contribution >= 4 is 27.3 Å². The molecule has 0 saturated carbocycles. The van der Waals surface area contributed by atoms with Crippen molar-refractivity contribution in [1.29, 1.82) is 0 Å².